The van der Waals surface area contributed by atoms with Gasteiger partial charge in [-0.15, -0.1) is 0 Å². The van der Waals surface area contributed by atoms with Gasteiger partial charge in [-0.3, -0.25) is 4.79 Å². The Labute approximate surface area is 66.5 Å². The minimum Gasteiger partial charge on any atom is -0.355 e. The van der Waals surface area contributed by atoms with E-state index in [9.17, 15) is 4.79 Å². The van der Waals surface area contributed by atoms with Gasteiger partial charge in [0.2, 0.25) is 5.91 Å². The molecule has 0 aromatic rings. The molecule has 1 saturated heterocycles. The third-order valence-electron chi connectivity index (χ3n) is 2.45. The van der Waals surface area contributed by atoms with Crippen molar-refractivity contribution in [1.29, 1.82) is 0 Å². The van der Waals surface area contributed by atoms with E-state index in [2.05, 4.69) is 10.6 Å². The smallest absolute Gasteiger partial charge is 0.221 e. The van der Waals surface area contributed by atoms with Crippen molar-refractivity contribution in [3.05, 3.63) is 0 Å². The molecular weight excluding hydrogens is 140 g/mol. The van der Waals surface area contributed by atoms with Gasteiger partial charge < -0.3 is 10.6 Å². The van der Waals surface area contributed by atoms with Crippen LogP contribution in [0.25, 0.3) is 0 Å². The lowest BCUT2D eigenvalue weighted by Gasteiger charge is -2.11. The van der Waals surface area contributed by atoms with Crippen molar-refractivity contribution in [2.24, 2.45) is 5.92 Å². The fourth-order valence-electron chi connectivity index (χ4n) is 1.64. The summed E-state index contributed by atoms with van der Waals surface area (Å²) in [5.41, 5.74) is 0. The van der Waals surface area contributed by atoms with Gasteiger partial charge in [0.25, 0.3) is 0 Å². The average molecular weight is 154 g/mol. The maximum Gasteiger partial charge on any atom is 0.221 e. The van der Waals surface area contributed by atoms with Gasteiger partial charge in [-0.1, -0.05) is 0 Å². The second-order valence-electron chi connectivity index (χ2n) is 3.45. The fraction of sp³-hybridized carbons (Fsp3) is 0.875. The van der Waals surface area contributed by atoms with Crippen LogP contribution in [-0.2, 0) is 4.79 Å². The topological polar surface area (TPSA) is 41.1 Å². The van der Waals surface area contributed by atoms with Gasteiger partial charge in [-0.2, -0.15) is 0 Å². The summed E-state index contributed by atoms with van der Waals surface area (Å²) in [4.78, 5) is 11.1. The average Bonchev–Trinajstić information content (AvgIpc) is 2.71. The zero-order chi connectivity index (χ0) is 7.68. The number of hydrogen-bond donors (Lipinski definition) is 2. The normalized spacial score (nSPS) is 32.7. The Kier molecular flexibility index (Phi) is 1.82. The quantitative estimate of drug-likeness (QED) is 0.552. The molecule has 2 rings (SSSR count). The van der Waals surface area contributed by atoms with Crippen molar-refractivity contribution in [3.63, 3.8) is 0 Å². The van der Waals surface area contributed by atoms with E-state index in [0.717, 1.165) is 19.0 Å². The highest BCUT2D eigenvalue weighted by Crippen LogP contribution is 2.34. The fourth-order valence-corrected chi connectivity index (χ4v) is 1.64. The molecule has 1 saturated carbocycles. The minimum atomic E-state index is 0.215. The summed E-state index contributed by atoms with van der Waals surface area (Å²) in [5.74, 6) is 1.01. The van der Waals surface area contributed by atoms with Crippen molar-refractivity contribution < 1.29 is 4.79 Å². The molecule has 0 bridgehead atoms. The third kappa shape index (κ3) is 1.71. The summed E-state index contributed by atoms with van der Waals surface area (Å²) >= 11 is 0. The van der Waals surface area contributed by atoms with Crippen LogP contribution in [0.2, 0.25) is 0 Å². The van der Waals surface area contributed by atoms with E-state index in [1.165, 1.54) is 12.8 Å². The van der Waals surface area contributed by atoms with Crippen LogP contribution in [0.15, 0.2) is 0 Å². The molecule has 2 fully saturated rings. The highest BCUT2D eigenvalue weighted by atomic mass is 16.1. The number of amides is 1. The molecule has 0 radical (unpaired) electrons. The summed E-state index contributed by atoms with van der Waals surface area (Å²) in [6.45, 7) is 1.73. The Morgan fingerprint density at radius 3 is 2.82 bits per heavy atom. The standard InChI is InChI=1S/C8H14N2O/c11-8-5-7(6-1-2-6)9-3-4-10-8/h6-7,9H,1-5H2,(H,10,11). The lowest BCUT2D eigenvalue weighted by atomic mass is 10.1. The molecule has 0 aromatic carbocycles. The monoisotopic (exact) mass is 154 g/mol. The van der Waals surface area contributed by atoms with E-state index in [1.807, 2.05) is 0 Å². The molecule has 3 heteroatoms. The van der Waals surface area contributed by atoms with Gasteiger partial charge in [0.15, 0.2) is 0 Å². The first-order valence-corrected chi connectivity index (χ1v) is 4.36. The van der Waals surface area contributed by atoms with Crippen LogP contribution in [-0.4, -0.2) is 25.0 Å². The van der Waals surface area contributed by atoms with Crippen molar-refractivity contribution in [1.82, 2.24) is 10.6 Å². The number of carbonyl (C=O) groups is 1. The predicted molar refractivity (Wildman–Crippen MR) is 42.1 cm³/mol. The Morgan fingerprint density at radius 1 is 1.27 bits per heavy atom. The minimum absolute atomic E-state index is 0.215. The molecular formula is C8H14N2O. The molecule has 1 heterocycles. The van der Waals surface area contributed by atoms with Crippen LogP contribution in [0.5, 0.6) is 0 Å². The molecule has 1 atom stereocenters. The molecule has 11 heavy (non-hydrogen) atoms. The molecule has 0 aromatic heterocycles. The zero-order valence-corrected chi connectivity index (χ0v) is 6.60. The maximum absolute atomic E-state index is 11.1. The van der Waals surface area contributed by atoms with E-state index in [0.29, 0.717) is 12.5 Å². The molecule has 1 unspecified atom stereocenters. The maximum atomic E-state index is 11.1. The SMILES string of the molecule is O=C1CC(C2CC2)NCCN1. The second kappa shape index (κ2) is 2.81. The van der Waals surface area contributed by atoms with Crippen LogP contribution in [0.1, 0.15) is 19.3 Å². The van der Waals surface area contributed by atoms with Crippen LogP contribution >= 0.6 is 0 Å². The summed E-state index contributed by atoms with van der Waals surface area (Å²) in [5, 5.41) is 6.25. The van der Waals surface area contributed by atoms with Crippen molar-refractivity contribution in [2.75, 3.05) is 13.1 Å². The molecule has 1 aliphatic heterocycles. The summed E-state index contributed by atoms with van der Waals surface area (Å²) in [7, 11) is 0. The number of rotatable bonds is 1. The number of carbonyl (C=O) groups excluding carboxylic acids is 1. The Balaban J connectivity index is 1.91. The molecule has 0 spiro atoms. The van der Waals surface area contributed by atoms with Crippen LogP contribution in [0, 0.1) is 5.92 Å². The predicted octanol–water partition coefficient (Wildman–Crippen LogP) is -0.126. The summed E-state index contributed by atoms with van der Waals surface area (Å²) in [6, 6.07) is 0.470. The molecule has 1 amide bonds. The Morgan fingerprint density at radius 2 is 2.09 bits per heavy atom. The van der Waals surface area contributed by atoms with Gasteiger partial charge in [0.05, 0.1) is 0 Å². The first-order valence-electron chi connectivity index (χ1n) is 4.36. The first-order chi connectivity index (χ1) is 5.36. The molecule has 62 valence electrons. The van der Waals surface area contributed by atoms with Crippen molar-refractivity contribution in [2.45, 2.75) is 25.3 Å². The lowest BCUT2D eigenvalue weighted by Crippen LogP contribution is -2.31. The zero-order valence-electron chi connectivity index (χ0n) is 6.60. The number of nitrogens with one attached hydrogen (secondary N) is 2. The van der Waals surface area contributed by atoms with Gasteiger partial charge in [-0.05, 0) is 18.8 Å². The van der Waals surface area contributed by atoms with Crippen LogP contribution < -0.4 is 10.6 Å². The van der Waals surface area contributed by atoms with E-state index in [1.54, 1.807) is 0 Å². The van der Waals surface area contributed by atoms with E-state index < -0.39 is 0 Å². The van der Waals surface area contributed by atoms with Gasteiger partial charge in [0, 0.05) is 25.6 Å². The molecule has 3 nitrogen and oxygen atoms in total. The Bertz CT molecular complexity index is 165. The van der Waals surface area contributed by atoms with Crippen molar-refractivity contribution in [3.8, 4) is 0 Å². The largest absolute Gasteiger partial charge is 0.355 e. The van der Waals surface area contributed by atoms with Gasteiger partial charge in [-0.25, -0.2) is 0 Å². The van der Waals surface area contributed by atoms with Gasteiger partial charge >= 0.3 is 0 Å². The Hall–Kier alpha value is -0.570. The van der Waals surface area contributed by atoms with Crippen LogP contribution in [0.4, 0.5) is 0 Å². The second-order valence-corrected chi connectivity index (χ2v) is 3.45. The van der Waals surface area contributed by atoms with Crippen LogP contribution in [0.3, 0.4) is 0 Å². The van der Waals surface area contributed by atoms with E-state index in [4.69, 9.17) is 0 Å². The summed E-state index contributed by atoms with van der Waals surface area (Å²) < 4.78 is 0. The van der Waals surface area contributed by atoms with E-state index in [-0.39, 0.29) is 5.91 Å². The third-order valence-corrected chi connectivity index (χ3v) is 2.45. The highest BCUT2D eigenvalue weighted by molar-refractivity contribution is 5.76. The summed E-state index contributed by atoms with van der Waals surface area (Å²) in [6.07, 6.45) is 3.31. The van der Waals surface area contributed by atoms with E-state index >= 15 is 0 Å². The highest BCUT2D eigenvalue weighted by Gasteiger charge is 2.32. The molecule has 1 aliphatic carbocycles. The molecule has 2 aliphatic rings. The number of hydrogen-bond acceptors (Lipinski definition) is 2. The van der Waals surface area contributed by atoms with Crippen molar-refractivity contribution >= 4 is 5.91 Å². The lowest BCUT2D eigenvalue weighted by molar-refractivity contribution is -0.121. The molecule has 2 N–H and O–H groups in total. The van der Waals surface area contributed by atoms with Gasteiger partial charge in [0.1, 0.15) is 0 Å². The first kappa shape index (κ1) is 7.10.